The van der Waals surface area contributed by atoms with E-state index in [1.165, 1.54) is 52.7 Å². The summed E-state index contributed by atoms with van der Waals surface area (Å²) >= 11 is 0. The number of aldehydes is 4. The Morgan fingerprint density at radius 1 is 0.424 bits per heavy atom. The zero-order valence-electron chi connectivity index (χ0n) is 39.2. The SMILES string of the molecule is CC(C)N(C)CC(=O)N(C)CC(=O)N(C)CC=O.CCN(C)C(=O)CN(C)C.CN.CN(C)CC(=O)N(C)CC=O.CN(C)CC=O.CN(C=O)CC(=O)N(C)CC=O. The quantitative estimate of drug-likeness (QED) is 0.112. The maximum atomic E-state index is 11.8. The van der Waals surface area contributed by atoms with Gasteiger partial charge in [-0.05, 0) is 77.2 Å². The van der Waals surface area contributed by atoms with Crippen LogP contribution in [-0.2, 0) is 47.9 Å². The van der Waals surface area contributed by atoms with Crippen molar-refractivity contribution in [2.24, 2.45) is 5.73 Å². The summed E-state index contributed by atoms with van der Waals surface area (Å²) in [5, 5.41) is 0. The van der Waals surface area contributed by atoms with Gasteiger partial charge in [0.15, 0.2) is 0 Å². The van der Waals surface area contributed by atoms with E-state index in [2.05, 4.69) is 5.73 Å². The Balaban J connectivity index is -0.000000153. The highest BCUT2D eigenvalue weighted by Crippen LogP contribution is 1.97. The molecule has 0 unspecified atom stereocenters. The smallest absolute Gasteiger partial charge is 0.242 e. The molecule has 0 aliphatic rings. The first kappa shape index (κ1) is 66.1. The van der Waals surface area contributed by atoms with Crippen LogP contribution >= 0.6 is 0 Å². The molecule has 0 atom stereocenters. The minimum absolute atomic E-state index is 0.00485. The molecule has 0 radical (unpaired) electrons. The van der Waals surface area contributed by atoms with E-state index in [1.807, 2.05) is 91.9 Å². The molecule has 0 aromatic heterocycles. The molecular weight excluding hydrogens is 770 g/mol. The van der Waals surface area contributed by atoms with Crippen molar-refractivity contribution in [3.8, 4) is 0 Å². The van der Waals surface area contributed by atoms with E-state index < -0.39 is 0 Å². The summed E-state index contributed by atoms with van der Waals surface area (Å²) in [4.78, 5) is 122. The molecule has 0 aromatic rings. The number of hydrogen-bond donors (Lipinski definition) is 1. The first-order valence-electron chi connectivity index (χ1n) is 18.6. The van der Waals surface area contributed by atoms with Gasteiger partial charge in [0.2, 0.25) is 35.9 Å². The third-order valence-corrected chi connectivity index (χ3v) is 7.19. The molecule has 0 aliphatic heterocycles. The van der Waals surface area contributed by atoms with Gasteiger partial charge < -0.3 is 69.0 Å². The number of nitrogens with two attached hydrogens (primary N) is 1. The van der Waals surface area contributed by atoms with Gasteiger partial charge in [-0.2, -0.15) is 0 Å². The fourth-order valence-electron chi connectivity index (χ4n) is 3.05. The molecule has 346 valence electrons. The Bertz CT molecular complexity index is 1180. The lowest BCUT2D eigenvalue weighted by molar-refractivity contribution is -0.139. The van der Waals surface area contributed by atoms with Gasteiger partial charge in [-0.25, -0.2) is 0 Å². The zero-order chi connectivity index (χ0) is 47.8. The van der Waals surface area contributed by atoms with Gasteiger partial charge in [0, 0.05) is 54.9 Å². The Hall–Kier alpha value is -4.70. The highest BCUT2D eigenvalue weighted by molar-refractivity contribution is 5.86. The molecule has 21 nitrogen and oxygen atoms in total. The molecule has 0 saturated heterocycles. The van der Waals surface area contributed by atoms with Gasteiger partial charge in [-0.15, -0.1) is 0 Å². The molecule has 2 N–H and O–H groups in total. The van der Waals surface area contributed by atoms with Crippen LogP contribution in [0.2, 0.25) is 0 Å². The second-order valence-electron chi connectivity index (χ2n) is 13.9. The predicted octanol–water partition coefficient (Wildman–Crippen LogP) is -3.27. The average molecular weight is 850 g/mol. The van der Waals surface area contributed by atoms with Gasteiger partial charge in [0.25, 0.3) is 0 Å². The molecule has 59 heavy (non-hydrogen) atoms. The lowest BCUT2D eigenvalue weighted by atomic mass is 10.3. The van der Waals surface area contributed by atoms with E-state index >= 15 is 0 Å². The van der Waals surface area contributed by atoms with Crippen LogP contribution in [0.1, 0.15) is 20.8 Å². The van der Waals surface area contributed by atoms with Crippen molar-refractivity contribution in [2.45, 2.75) is 26.8 Å². The van der Waals surface area contributed by atoms with Crippen molar-refractivity contribution in [2.75, 3.05) is 164 Å². The van der Waals surface area contributed by atoms with Crippen LogP contribution in [-0.4, -0.2) is 280 Å². The van der Waals surface area contributed by atoms with Crippen LogP contribution in [0.15, 0.2) is 0 Å². The molecular formula is C38H79N11O10. The Morgan fingerprint density at radius 2 is 0.729 bits per heavy atom. The molecule has 21 heteroatoms. The number of nitrogens with zero attached hydrogens (tertiary/aromatic N) is 10. The largest absolute Gasteiger partial charge is 0.345 e. The highest BCUT2D eigenvalue weighted by Gasteiger charge is 2.18. The zero-order valence-corrected chi connectivity index (χ0v) is 39.2. The second-order valence-corrected chi connectivity index (χ2v) is 13.9. The van der Waals surface area contributed by atoms with Gasteiger partial charge >= 0.3 is 0 Å². The predicted molar refractivity (Wildman–Crippen MR) is 230 cm³/mol. The number of carbonyl (C=O) groups excluding carboxylic acids is 10. The lowest BCUT2D eigenvalue weighted by Crippen LogP contribution is -2.44. The average Bonchev–Trinajstić information content (AvgIpc) is 3.15. The molecule has 0 aromatic carbocycles. The fraction of sp³-hybridized carbons (Fsp3) is 0.737. The third-order valence-electron chi connectivity index (χ3n) is 7.19. The number of carbonyl (C=O) groups is 10. The van der Waals surface area contributed by atoms with Crippen LogP contribution in [0.25, 0.3) is 0 Å². The minimum atomic E-state index is -0.253. The summed E-state index contributed by atoms with van der Waals surface area (Å²) < 4.78 is 0. The normalized spacial score (nSPS) is 9.61. The molecule has 0 aliphatic carbocycles. The molecule has 0 heterocycles. The Kier molecular flexibility index (Phi) is 48.1. The summed E-state index contributed by atoms with van der Waals surface area (Å²) in [5.41, 5.74) is 4.50. The number of hydrogen-bond acceptors (Lipinski definition) is 15. The summed E-state index contributed by atoms with van der Waals surface area (Å²) in [7, 11) is 24.0. The lowest BCUT2D eigenvalue weighted by Gasteiger charge is -2.25. The minimum Gasteiger partial charge on any atom is -0.345 e. The van der Waals surface area contributed by atoms with E-state index in [9.17, 15) is 47.9 Å². The first-order chi connectivity index (χ1) is 27.3. The van der Waals surface area contributed by atoms with Crippen LogP contribution in [0, 0.1) is 0 Å². The van der Waals surface area contributed by atoms with E-state index in [0.29, 0.717) is 44.9 Å². The van der Waals surface area contributed by atoms with Crippen LogP contribution in [0.3, 0.4) is 0 Å². The monoisotopic (exact) mass is 850 g/mol. The fourth-order valence-corrected chi connectivity index (χ4v) is 3.05. The van der Waals surface area contributed by atoms with Gasteiger partial charge in [0.05, 0.1) is 58.9 Å². The van der Waals surface area contributed by atoms with E-state index in [0.717, 1.165) is 12.8 Å². The molecule has 0 fully saturated rings. The van der Waals surface area contributed by atoms with Gasteiger partial charge in [-0.1, -0.05) is 0 Å². The van der Waals surface area contributed by atoms with Crippen molar-refractivity contribution in [3.63, 3.8) is 0 Å². The summed E-state index contributed by atoms with van der Waals surface area (Å²) in [5.74, 6) is -0.476. The van der Waals surface area contributed by atoms with Crippen molar-refractivity contribution in [1.29, 1.82) is 0 Å². The molecule has 0 bridgehead atoms. The molecule has 0 saturated carbocycles. The molecule has 0 spiro atoms. The number of amides is 6. The summed E-state index contributed by atoms with van der Waals surface area (Å²) in [6, 6.07) is 0.274. The summed E-state index contributed by atoms with van der Waals surface area (Å²) in [6.07, 6.45) is 3.45. The molecule has 6 amide bonds. The maximum absolute atomic E-state index is 11.8. The van der Waals surface area contributed by atoms with E-state index in [4.69, 9.17) is 0 Å². The van der Waals surface area contributed by atoms with E-state index in [-0.39, 0.29) is 74.8 Å². The topological polar surface area (TPSA) is 229 Å². The standard InChI is InChI=1S/C12H23N3O3.C7H12N2O3.C7H14N2O2.C7H16N2O.C4H9NO.CH5N/c1-10(2)14(4)8-12(18)15(5)9-11(17)13(3)6-7-16;1-8(6-11)5-7(12)9(2)3-4-10;1-8(2)6-7(11)9(3)4-5-10;1-5-9(4)7(10)6-8(2)3;1-5(2)3-4-6;1-2/h7,10H,6,8-9H2,1-5H3;4,6H,3,5H2,1-2H3;5H,4,6H2,1-3H3;5-6H2,1-4H3;4H,3H2,1-2H3;2H2,1H3. The van der Waals surface area contributed by atoms with Crippen molar-refractivity contribution >= 4 is 61.1 Å². The third kappa shape index (κ3) is 45.9. The van der Waals surface area contributed by atoms with Crippen molar-refractivity contribution < 1.29 is 47.9 Å². The Labute approximate surface area is 354 Å². The van der Waals surface area contributed by atoms with Gasteiger partial charge in [0.1, 0.15) is 25.1 Å². The van der Waals surface area contributed by atoms with Crippen LogP contribution < -0.4 is 5.73 Å². The summed E-state index contributed by atoms with van der Waals surface area (Å²) in [6.45, 7) is 8.69. The first-order valence-corrected chi connectivity index (χ1v) is 18.6. The highest BCUT2D eigenvalue weighted by atomic mass is 16.2. The Morgan fingerprint density at radius 3 is 0.983 bits per heavy atom. The maximum Gasteiger partial charge on any atom is 0.242 e. The number of likely N-dealkylation sites (N-methyl/N-ethyl adjacent to an activating group) is 10. The second kappa shape index (κ2) is 42.9. The van der Waals surface area contributed by atoms with E-state index in [1.54, 1.807) is 23.9 Å². The van der Waals surface area contributed by atoms with Gasteiger partial charge in [-0.3, -0.25) is 33.7 Å². The van der Waals surface area contributed by atoms with Crippen LogP contribution in [0.4, 0.5) is 0 Å². The molecule has 0 rings (SSSR count). The van der Waals surface area contributed by atoms with Crippen LogP contribution in [0.5, 0.6) is 0 Å². The van der Waals surface area contributed by atoms with Crippen molar-refractivity contribution in [1.82, 2.24) is 49.0 Å². The number of rotatable bonds is 21. The van der Waals surface area contributed by atoms with Crippen molar-refractivity contribution in [3.05, 3.63) is 0 Å².